The number of nitrogens with two attached hydrogens (primary N) is 1. The molecule has 5 heteroatoms. The van der Waals surface area contributed by atoms with E-state index in [-0.39, 0.29) is 5.95 Å². The summed E-state index contributed by atoms with van der Waals surface area (Å²) in [6.07, 6.45) is 4.00. The fraction of sp³-hybridized carbons (Fsp3) is 0.200. The van der Waals surface area contributed by atoms with E-state index in [2.05, 4.69) is 26.9 Å². The van der Waals surface area contributed by atoms with E-state index in [4.69, 9.17) is 5.73 Å². The molecule has 0 aromatic carbocycles. The Morgan fingerprint density at radius 3 is 2.87 bits per heavy atom. The van der Waals surface area contributed by atoms with Crippen molar-refractivity contribution in [3.05, 3.63) is 30.2 Å². The molecule has 2 aromatic rings. The molecule has 0 fully saturated rings. The summed E-state index contributed by atoms with van der Waals surface area (Å²) in [4.78, 5) is 16.1. The van der Waals surface area contributed by atoms with Gasteiger partial charge in [-0.2, -0.15) is 4.98 Å². The van der Waals surface area contributed by atoms with Crippen LogP contribution in [0.1, 0.15) is 12.5 Å². The standard InChI is InChI=1S/C10H11N5/c1-2-7-4-3-5-12-8(7)9-13-6-14-10(11)15-9/h3-6H,2H2,1H3,(H2,11,13,14,15). The molecule has 2 rings (SSSR count). The first-order valence-corrected chi connectivity index (χ1v) is 4.70. The highest BCUT2D eigenvalue weighted by atomic mass is 15.1. The lowest BCUT2D eigenvalue weighted by Crippen LogP contribution is -2.01. The molecule has 0 amide bonds. The fourth-order valence-electron chi connectivity index (χ4n) is 1.35. The number of hydrogen-bond donors (Lipinski definition) is 1. The molecule has 0 aliphatic rings. The molecule has 0 radical (unpaired) electrons. The van der Waals surface area contributed by atoms with Crippen LogP contribution in [0, 0.1) is 0 Å². The summed E-state index contributed by atoms with van der Waals surface area (Å²) in [6.45, 7) is 2.06. The number of nitrogen functional groups attached to an aromatic ring is 1. The first-order chi connectivity index (χ1) is 7.31. The lowest BCUT2D eigenvalue weighted by atomic mass is 10.1. The normalized spacial score (nSPS) is 10.2. The van der Waals surface area contributed by atoms with Crippen molar-refractivity contribution in [2.45, 2.75) is 13.3 Å². The predicted octanol–water partition coefficient (Wildman–Crippen LogP) is 1.08. The van der Waals surface area contributed by atoms with Crippen LogP contribution in [-0.2, 0) is 6.42 Å². The minimum absolute atomic E-state index is 0.215. The quantitative estimate of drug-likeness (QED) is 0.786. The minimum Gasteiger partial charge on any atom is -0.368 e. The highest BCUT2D eigenvalue weighted by Gasteiger charge is 2.07. The van der Waals surface area contributed by atoms with Crippen LogP contribution in [0.5, 0.6) is 0 Å². The molecule has 15 heavy (non-hydrogen) atoms. The Kier molecular flexibility index (Phi) is 2.53. The zero-order chi connectivity index (χ0) is 10.7. The second-order valence-electron chi connectivity index (χ2n) is 3.03. The van der Waals surface area contributed by atoms with Crippen LogP contribution in [0.25, 0.3) is 11.5 Å². The van der Waals surface area contributed by atoms with Crippen molar-refractivity contribution < 1.29 is 0 Å². The molecule has 2 N–H and O–H groups in total. The molecule has 0 aliphatic heterocycles. The Morgan fingerprint density at radius 2 is 2.13 bits per heavy atom. The van der Waals surface area contributed by atoms with Gasteiger partial charge in [0.15, 0.2) is 5.82 Å². The summed E-state index contributed by atoms with van der Waals surface area (Å²) >= 11 is 0. The van der Waals surface area contributed by atoms with E-state index in [1.807, 2.05) is 12.1 Å². The number of anilines is 1. The number of nitrogens with zero attached hydrogens (tertiary/aromatic N) is 4. The van der Waals surface area contributed by atoms with Gasteiger partial charge in [0, 0.05) is 6.20 Å². The first-order valence-electron chi connectivity index (χ1n) is 4.70. The van der Waals surface area contributed by atoms with E-state index >= 15 is 0 Å². The highest BCUT2D eigenvalue weighted by Crippen LogP contribution is 2.17. The van der Waals surface area contributed by atoms with Gasteiger partial charge in [-0.15, -0.1) is 0 Å². The summed E-state index contributed by atoms with van der Waals surface area (Å²) < 4.78 is 0. The van der Waals surface area contributed by atoms with Crippen LogP contribution in [0.3, 0.4) is 0 Å². The molecule has 0 saturated heterocycles. The molecule has 0 aliphatic carbocycles. The highest BCUT2D eigenvalue weighted by molar-refractivity contribution is 5.54. The van der Waals surface area contributed by atoms with Gasteiger partial charge in [0.25, 0.3) is 0 Å². The topological polar surface area (TPSA) is 77.6 Å². The molecule has 0 unspecified atom stereocenters. The van der Waals surface area contributed by atoms with Crippen LogP contribution >= 0.6 is 0 Å². The van der Waals surface area contributed by atoms with Crippen molar-refractivity contribution in [1.82, 2.24) is 19.9 Å². The molecular formula is C10H11N5. The molecule has 76 valence electrons. The Labute approximate surface area is 87.4 Å². The van der Waals surface area contributed by atoms with E-state index in [9.17, 15) is 0 Å². The smallest absolute Gasteiger partial charge is 0.223 e. The van der Waals surface area contributed by atoms with Crippen LogP contribution in [-0.4, -0.2) is 19.9 Å². The van der Waals surface area contributed by atoms with Gasteiger partial charge in [-0.25, -0.2) is 9.97 Å². The van der Waals surface area contributed by atoms with Crippen molar-refractivity contribution in [3.63, 3.8) is 0 Å². The lowest BCUT2D eigenvalue weighted by molar-refractivity contribution is 1.03. The molecule has 5 nitrogen and oxygen atoms in total. The maximum Gasteiger partial charge on any atom is 0.223 e. The molecule has 0 spiro atoms. The van der Waals surface area contributed by atoms with E-state index in [0.717, 1.165) is 17.7 Å². The third kappa shape index (κ3) is 1.90. The maximum absolute atomic E-state index is 5.50. The molecule has 0 saturated carbocycles. The fourth-order valence-corrected chi connectivity index (χ4v) is 1.35. The zero-order valence-electron chi connectivity index (χ0n) is 8.38. The van der Waals surface area contributed by atoms with Crippen LogP contribution in [0.4, 0.5) is 5.95 Å². The van der Waals surface area contributed by atoms with Crippen molar-refractivity contribution in [2.75, 3.05) is 5.73 Å². The van der Waals surface area contributed by atoms with E-state index in [1.54, 1.807) is 6.20 Å². The molecule has 2 aromatic heterocycles. The number of hydrogen-bond acceptors (Lipinski definition) is 5. The van der Waals surface area contributed by atoms with Gasteiger partial charge in [0.2, 0.25) is 5.95 Å². The molecule has 0 bridgehead atoms. The lowest BCUT2D eigenvalue weighted by Gasteiger charge is -2.04. The van der Waals surface area contributed by atoms with Crippen LogP contribution in [0.2, 0.25) is 0 Å². The van der Waals surface area contributed by atoms with Gasteiger partial charge >= 0.3 is 0 Å². The maximum atomic E-state index is 5.50. The van der Waals surface area contributed by atoms with Gasteiger partial charge in [0.1, 0.15) is 12.0 Å². The molecule has 0 atom stereocenters. The van der Waals surface area contributed by atoms with Gasteiger partial charge in [-0.3, -0.25) is 4.98 Å². The third-order valence-electron chi connectivity index (χ3n) is 2.07. The van der Waals surface area contributed by atoms with Gasteiger partial charge in [-0.1, -0.05) is 13.0 Å². The van der Waals surface area contributed by atoms with E-state index in [1.165, 1.54) is 6.33 Å². The average Bonchev–Trinajstić information content (AvgIpc) is 2.29. The van der Waals surface area contributed by atoms with Crippen molar-refractivity contribution in [3.8, 4) is 11.5 Å². The first kappa shape index (κ1) is 9.51. The second-order valence-corrected chi connectivity index (χ2v) is 3.03. The zero-order valence-corrected chi connectivity index (χ0v) is 8.38. The van der Waals surface area contributed by atoms with E-state index in [0.29, 0.717) is 5.82 Å². The number of aryl methyl sites for hydroxylation is 1. The SMILES string of the molecule is CCc1cccnc1-c1ncnc(N)n1. The Bertz CT molecular complexity index is 469. The van der Waals surface area contributed by atoms with Gasteiger partial charge in [0.05, 0.1) is 0 Å². The van der Waals surface area contributed by atoms with Crippen molar-refractivity contribution >= 4 is 5.95 Å². The van der Waals surface area contributed by atoms with Crippen molar-refractivity contribution in [1.29, 1.82) is 0 Å². The van der Waals surface area contributed by atoms with Crippen LogP contribution < -0.4 is 5.73 Å². The monoisotopic (exact) mass is 201 g/mol. The number of rotatable bonds is 2. The Balaban J connectivity index is 2.53. The Hall–Kier alpha value is -2.04. The third-order valence-corrected chi connectivity index (χ3v) is 2.07. The Morgan fingerprint density at radius 1 is 1.27 bits per heavy atom. The molecule has 2 heterocycles. The van der Waals surface area contributed by atoms with Crippen LogP contribution in [0.15, 0.2) is 24.7 Å². The second kappa shape index (κ2) is 4.00. The predicted molar refractivity (Wildman–Crippen MR) is 56.8 cm³/mol. The largest absolute Gasteiger partial charge is 0.368 e. The molecular weight excluding hydrogens is 190 g/mol. The summed E-state index contributed by atoms with van der Waals surface area (Å²) in [5, 5.41) is 0. The average molecular weight is 201 g/mol. The van der Waals surface area contributed by atoms with Crippen molar-refractivity contribution in [2.24, 2.45) is 0 Å². The summed E-state index contributed by atoms with van der Waals surface area (Å²) in [7, 11) is 0. The summed E-state index contributed by atoms with van der Waals surface area (Å²) in [5.41, 5.74) is 7.37. The summed E-state index contributed by atoms with van der Waals surface area (Å²) in [5.74, 6) is 0.743. The number of pyridine rings is 1. The minimum atomic E-state index is 0.215. The number of aromatic nitrogens is 4. The van der Waals surface area contributed by atoms with Gasteiger partial charge < -0.3 is 5.73 Å². The van der Waals surface area contributed by atoms with Gasteiger partial charge in [-0.05, 0) is 18.1 Å². The summed E-state index contributed by atoms with van der Waals surface area (Å²) in [6, 6.07) is 3.90. The van der Waals surface area contributed by atoms with E-state index < -0.39 is 0 Å².